The highest BCUT2D eigenvalue weighted by Crippen LogP contribution is 2.08. The molecule has 0 aliphatic carbocycles. The lowest BCUT2D eigenvalue weighted by Gasteiger charge is -1.98. The monoisotopic (exact) mass is 179 g/mol. The van der Waals surface area contributed by atoms with Crippen LogP contribution in [0.25, 0.3) is 0 Å². The molecule has 0 saturated heterocycles. The molecular formula is C12H21N. The first-order valence-electron chi connectivity index (χ1n) is 5.46. The van der Waals surface area contributed by atoms with Crippen molar-refractivity contribution in [1.82, 2.24) is 0 Å². The van der Waals surface area contributed by atoms with Gasteiger partial charge in [0, 0.05) is 6.08 Å². The SMILES string of the molecule is CCCCCCCCC/C=C\C#N. The molecule has 1 nitrogen and oxygen atoms in total. The maximum atomic E-state index is 8.23. The van der Waals surface area contributed by atoms with E-state index in [1.165, 1.54) is 44.9 Å². The van der Waals surface area contributed by atoms with Crippen LogP contribution in [-0.2, 0) is 0 Å². The van der Waals surface area contributed by atoms with E-state index < -0.39 is 0 Å². The minimum absolute atomic E-state index is 1.07. The van der Waals surface area contributed by atoms with Crippen LogP contribution in [0.3, 0.4) is 0 Å². The molecule has 1 heteroatoms. The molecule has 0 amide bonds. The molecule has 13 heavy (non-hydrogen) atoms. The largest absolute Gasteiger partial charge is 0.193 e. The first-order chi connectivity index (χ1) is 6.41. The molecule has 0 aliphatic heterocycles. The minimum atomic E-state index is 1.07. The van der Waals surface area contributed by atoms with E-state index in [-0.39, 0.29) is 0 Å². The highest BCUT2D eigenvalue weighted by molar-refractivity contribution is 5.01. The first kappa shape index (κ1) is 12.2. The smallest absolute Gasteiger partial charge is 0.0908 e. The quantitative estimate of drug-likeness (QED) is 0.404. The number of nitriles is 1. The fourth-order valence-corrected chi connectivity index (χ4v) is 1.36. The topological polar surface area (TPSA) is 23.8 Å². The van der Waals surface area contributed by atoms with Gasteiger partial charge < -0.3 is 0 Å². The van der Waals surface area contributed by atoms with Gasteiger partial charge in [0.25, 0.3) is 0 Å². The number of rotatable bonds is 8. The average molecular weight is 179 g/mol. The number of hydrogen-bond acceptors (Lipinski definition) is 1. The van der Waals surface area contributed by atoms with Crippen molar-refractivity contribution in [1.29, 1.82) is 5.26 Å². The Kier molecular flexibility index (Phi) is 10.6. The summed E-state index contributed by atoms with van der Waals surface area (Å²) in [5, 5.41) is 8.23. The summed E-state index contributed by atoms with van der Waals surface area (Å²) in [4.78, 5) is 0. The van der Waals surface area contributed by atoms with Crippen molar-refractivity contribution >= 4 is 0 Å². The van der Waals surface area contributed by atoms with Crippen LogP contribution in [0.15, 0.2) is 12.2 Å². The summed E-state index contributed by atoms with van der Waals surface area (Å²) in [6.07, 6.45) is 14.0. The van der Waals surface area contributed by atoms with Gasteiger partial charge >= 0.3 is 0 Å². The third kappa shape index (κ3) is 11.2. The zero-order chi connectivity index (χ0) is 9.78. The molecule has 0 unspecified atom stereocenters. The van der Waals surface area contributed by atoms with E-state index in [0.717, 1.165) is 6.42 Å². The van der Waals surface area contributed by atoms with Crippen LogP contribution < -0.4 is 0 Å². The Morgan fingerprint density at radius 1 is 1.00 bits per heavy atom. The maximum Gasteiger partial charge on any atom is 0.0908 e. The summed E-state index contributed by atoms with van der Waals surface area (Å²) in [5.74, 6) is 0. The second-order valence-corrected chi connectivity index (χ2v) is 3.44. The predicted molar refractivity (Wildman–Crippen MR) is 57.4 cm³/mol. The number of hydrogen-bond donors (Lipinski definition) is 0. The second-order valence-electron chi connectivity index (χ2n) is 3.44. The number of allylic oxidation sites excluding steroid dienone is 2. The summed E-state index contributed by atoms with van der Waals surface area (Å²) < 4.78 is 0. The third-order valence-corrected chi connectivity index (χ3v) is 2.17. The predicted octanol–water partition coefficient (Wildman–Crippen LogP) is 4.21. The second kappa shape index (κ2) is 11.2. The molecule has 0 heterocycles. The number of nitrogens with zero attached hydrogens (tertiary/aromatic N) is 1. The van der Waals surface area contributed by atoms with Crippen molar-refractivity contribution < 1.29 is 0 Å². The van der Waals surface area contributed by atoms with Crippen LogP contribution in [-0.4, -0.2) is 0 Å². The standard InChI is InChI=1S/C12H21N/c1-2-3-4-5-6-7-8-9-10-11-12-13/h10-11H,2-9H2,1H3/b11-10-. The molecule has 0 radical (unpaired) electrons. The van der Waals surface area contributed by atoms with Crippen LogP contribution in [0.1, 0.15) is 58.3 Å². The highest BCUT2D eigenvalue weighted by Gasteiger charge is 1.88. The summed E-state index contributed by atoms with van der Waals surface area (Å²) in [7, 11) is 0. The van der Waals surface area contributed by atoms with E-state index in [1.807, 2.05) is 12.1 Å². The summed E-state index contributed by atoms with van der Waals surface area (Å²) in [6, 6.07) is 2.01. The van der Waals surface area contributed by atoms with Crippen molar-refractivity contribution in [3.8, 4) is 6.07 Å². The van der Waals surface area contributed by atoms with Gasteiger partial charge in [0.05, 0.1) is 6.07 Å². The van der Waals surface area contributed by atoms with Crippen LogP contribution in [0.4, 0.5) is 0 Å². The Labute approximate surface area is 82.5 Å². The van der Waals surface area contributed by atoms with Crippen LogP contribution in [0.5, 0.6) is 0 Å². The summed E-state index contributed by atoms with van der Waals surface area (Å²) in [5.41, 5.74) is 0. The third-order valence-electron chi connectivity index (χ3n) is 2.17. The van der Waals surface area contributed by atoms with E-state index in [9.17, 15) is 0 Å². The number of unbranched alkanes of at least 4 members (excludes halogenated alkanes) is 7. The molecule has 74 valence electrons. The van der Waals surface area contributed by atoms with E-state index in [0.29, 0.717) is 0 Å². The molecule has 0 N–H and O–H groups in total. The molecule has 0 atom stereocenters. The molecule has 0 spiro atoms. The van der Waals surface area contributed by atoms with Crippen LogP contribution in [0.2, 0.25) is 0 Å². The Hall–Kier alpha value is -0.770. The molecule has 0 aromatic rings. The van der Waals surface area contributed by atoms with Gasteiger partial charge in [-0.2, -0.15) is 5.26 Å². The van der Waals surface area contributed by atoms with Gasteiger partial charge in [0.15, 0.2) is 0 Å². The Morgan fingerprint density at radius 2 is 1.62 bits per heavy atom. The summed E-state index contributed by atoms with van der Waals surface area (Å²) >= 11 is 0. The highest BCUT2D eigenvalue weighted by atomic mass is 14.2. The summed E-state index contributed by atoms with van der Waals surface area (Å²) in [6.45, 7) is 2.24. The van der Waals surface area contributed by atoms with Crippen LogP contribution >= 0.6 is 0 Å². The Balaban J connectivity index is 2.92. The lowest BCUT2D eigenvalue weighted by atomic mass is 10.1. The lowest BCUT2D eigenvalue weighted by molar-refractivity contribution is 0.592. The minimum Gasteiger partial charge on any atom is -0.193 e. The molecule has 0 bridgehead atoms. The van der Waals surface area contributed by atoms with Gasteiger partial charge in [-0.3, -0.25) is 0 Å². The maximum absolute atomic E-state index is 8.23. The molecule has 0 saturated carbocycles. The molecule has 0 fully saturated rings. The van der Waals surface area contributed by atoms with E-state index in [4.69, 9.17) is 5.26 Å². The molecule has 0 aromatic carbocycles. The van der Waals surface area contributed by atoms with Gasteiger partial charge in [-0.25, -0.2) is 0 Å². The molecule has 0 aromatic heterocycles. The zero-order valence-electron chi connectivity index (χ0n) is 8.76. The van der Waals surface area contributed by atoms with Crippen molar-refractivity contribution in [3.05, 3.63) is 12.2 Å². The fraction of sp³-hybridized carbons (Fsp3) is 0.750. The Morgan fingerprint density at radius 3 is 2.23 bits per heavy atom. The van der Waals surface area contributed by atoms with Crippen LogP contribution in [0, 0.1) is 11.3 Å². The lowest BCUT2D eigenvalue weighted by Crippen LogP contribution is -1.78. The van der Waals surface area contributed by atoms with Crippen molar-refractivity contribution in [2.45, 2.75) is 58.3 Å². The van der Waals surface area contributed by atoms with E-state index >= 15 is 0 Å². The van der Waals surface area contributed by atoms with Crippen molar-refractivity contribution in [3.63, 3.8) is 0 Å². The average Bonchev–Trinajstić information content (AvgIpc) is 2.16. The van der Waals surface area contributed by atoms with E-state index in [1.54, 1.807) is 6.08 Å². The van der Waals surface area contributed by atoms with Gasteiger partial charge in [-0.1, -0.05) is 51.5 Å². The zero-order valence-corrected chi connectivity index (χ0v) is 8.76. The first-order valence-corrected chi connectivity index (χ1v) is 5.46. The van der Waals surface area contributed by atoms with E-state index in [2.05, 4.69) is 6.92 Å². The normalized spacial score (nSPS) is 10.5. The van der Waals surface area contributed by atoms with Gasteiger partial charge in [-0.15, -0.1) is 0 Å². The molecular weight excluding hydrogens is 158 g/mol. The van der Waals surface area contributed by atoms with Gasteiger partial charge in [-0.05, 0) is 12.8 Å². The van der Waals surface area contributed by atoms with Crippen molar-refractivity contribution in [2.24, 2.45) is 0 Å². The van der Waals surface area contributed by atoms with Gasteiger partial charge in [0.2, 0.25) is 0 Å². The van der Waals surface area contributed by atoms with Gasteiger partial charge in [0.1, 0.15) is 0 Å². The Bertz CT molecular complexity index is 153. The molecule has 0 rings (SSSR count). The molecule has 0 aliphatic rings. The fourth-order valence-electron chi connectivity index (χ4n) is 1.36. The van der Waals surface area contributed by atoms with Crippen molar-refractivity contribution in [2.75, 3.05) is 0 Å².